The summed E-state index contributed by atoms with van der Waals surface area (Å²) in [6.07, 6.45) is 2.24. The zero-order valence-corrected chi connectivity index (χ0v) is 10.7. The molecule has 2 nitrogen and oxygen atoms in total. The van der Waals surface area contributed by atoms with Crippen LogP contribution in [0.4, 0.5) is 0 Å². The van der Waals surface area contributed by atoms with Crippen LogP contribution < -0.4 is 5.32 Å². The molecule has 0 amide bonds. The maximum Gasteiger partial charge on any atom is 0.121 e. The van der Waals surface area contributed by atoms with Gasteiger partial charge in [0.1, 0.15) is 6.04 Å². The van der Waals surface area contributed by atoms with Crippen molar-refractivity contribution in [2.24, 2.45) is 0 Å². The number of nitriles is 1. The Labute approximate surface area is 108 Å². The molecule has 2 heteroatoms. The smallest absolute Gasteiger partial charge is 0.121 e. The van der Waals surface area contributed by atoms with Crippen LogP contribution >= 0.6 is 0 Å². The first kappa shape index (κ1) is 12.6. The first-order chi connectivity index (χ1) is 8.86. The van der Waals surface area contributed by atoms with Crippen molar-refractivity contribution in [1.82, 2.24) is 5.32 Å². The Morgan fingerprint density at radius 3 is 2.72 bits per heavy atom. The monoisotopic (exact) mass is 238 g/mol. The average molecular weight is 238 g/mol. The molecule has 2 rings (SSSR count). The second-order valence-electron chi connectivity index (χ2n) is 4.44. The number of hydrogen-bond donors (Lipinski definition) is 1. The maximum atomic E-state index is 9.33. The van der Waals surface area contributed by atoms with Gasteiger partial charge in [0.05, 0.1) is 6.07 Å². The molecule has 0 aromatic heterocycles. The maximum absolute atomic E-state index is 9.33. The van der Waals surface area contributed by atoms with Crippen molar-refractivity contribution in [2.45, 2.75) is 25.8 Å². The number of nitrogens with one attached hydrogen (secondary N) is 1. The molecule has 92 valence electrons. The molecule has 1 N–H and O–H groups in total. The summed E-state index contributed by atoms with van der Waals surface area (Å²) in [6, 6.07) is 16.5. The summed E-state index contributed by atoms with van der Waals surface area (Å²) >= 11 is 0. The number of fused-ring (bicyclic) bond motifs is 1. The van der Waals surface area contributed by atoms with E-state index in [4.69, 9.17) is 0 Å². The lowest BCUT2D eigenvalue weighted by Crippen LogP contribution is -2.21. The standard InChI is InChI=1S/C16H18N2/c1-2-3-11-18-16(12-17)15-10-6-8-13-7-4-5-9-14(13)15/h4-10,16,18H,2-3,11H2,1H3. The van der Waals surface area contributed by atoms with Crippen LogP contribution in [0, 0.1) is 11.3 Å². The van der Waals surface area contributed by atoms with Crippen molar-refractivity contribution in [3.8, 4) is 6.07 Å². The topological polar surface area (TPSA) is 35.8 Å². The van der Waals surface area contributed by atoms with Crippen LogP contribution in [0.15, 0.2) is 42.5 Å². The highest BCUT2D eigenvalue weighted by Gasteiger charge is 2.11. The Morgan fingerprint density at radius 1 is 1.17 bits per heavy atom. The highest BCUT2D eigenvalue weighted by molar-refractivity contribution is 5.86. The average Bonchev–Trinajstić information content (AvgIpc) is 2.43. The largest absolute Gasteiger partial charge is 0.298 e. The minimum absolute atomic E-state index is 0.220. The first-order valence-corrected chi connectivity index (χ1v) is 6.47. The summed E-state index contributed by atoms with van der Waals surface area (Å²) in [5.74, 6) is 0. The first-order valence-electron chi connectivity index (χ1n) is 6.47. The molecule has 0 saturated carbocycles. The van der Waals surface area contributed by atoms with Crippen LogP contribution in [-0.2, 0) is 0 Å². The van der Waals surface area contributed by atoms with E-state index in [2.05, 4.69) is 36.5 Å². The Kier molecular flexibility index (Phi) is 4.33. The summed E-state index contributed by atoms with van der Waals surface area (Å²) in [7, 11) is 0. The van der Waals surface area contributed by atoms with Gasteiger partial charge < -0.3 is 0 Å². The van der Waals surface area contributed by atoms with Crippen molar-refractivity contribution < 1.29 is 0 Å². The Bertz CT molecular complexity index is 549. The van der Waals surface area contributed by atoms with Gasteiger partial charge in [0, 0.05) is 0 Å². The fourth-order valence-corrected chi connectivity index (χ4v) is 2.15. The van der Waals surface area contributed by atoms with Gasteiger partial charge in [-0.25, -0.2) is 0 Å². The molecule has 1 atom stereocenters. The molecular weight excluding hydrogens is 220 g/mol. The third-order valence-corrected chi connectivity index (χ3v) is 3.14. The zero-order valence-electron chi connectivity index (χ0n) is 10.7. The number of rotatable bonds is 5. The highest BCUT2D eigenvalue weighted by Crippen LogP contribution is 2.23. The van der Waals surface area contributed by atoms with E-state index in [1.807, 2.05) is 24.3 Å². The lowest BCUT2D eigenvalue weighted by atomic mass is 9.99. The number of benzene rings is 2. The molecule has 1 unspecified atom stereocenters. The van der Waals surface area contributed by atoms with Gasteiger partial charge in [-0.1, -0.05) is 55.8 Å². The SMILES string of the molecule is CCCCNC(C#N)c1cccc2ccccc12. The summed E-state index contributed by atoms with van der Waals surface area (Å²) < 4.78 is 0. The Morgan fingerprint density at radius 2 is 1.94 bits per heavy atom. The third-order valence-electron chi connectivity index (χ3n) is 3.14. The quantitative estimate of drug-likeness (QED) is 0.804. The molecule has 0 heterocycles. The predicted molar refractivity (Wildman–Crippen MR) is 75.2 cm³/mol. The number of nitrogens with zero attached hydrogens (tertiary/aromatic N) is 1. The van der Waals surface area contributed by atoms with E-state index < -0.39 is 0 Å². The Balaban J connectivity index is 2.31. The van der Waals surface area contributed by atoms with E-state index in [0.717, 1.165) is 30.3 Å². The molecule has 2 aromatic rings. The van der Waals surface area contributed by atoms with Crippen LogP contribution in [0.5, 0.6) is 0 Å². The van der Waals surface area contributed by atoms with Crippen LogP contribution in [-0.4, -0.2) is 6.54 Å². The van der Waals surface area contributed by atoms with Gasteiger partial charge in [0.2, 0.25) is 0 Å². The molecule has 0 bridgehead atoms. The van der Waals surface area contributed by atoms with Gasteiger partial charge in [-0.3, -0.25) is 5.32 Å². The van der Waals surface area contributed by atoms with Gasteiger partial charge in [0.25, 0.3) is 0 Å². The Hall–Kier alpha value is -1.85. The van der Waals surface area contributed by atoms with E-state index in [0.29, 0.717) is 0 Å². The molecular formula is C16H18N2. The fraction of sp³-hybridized carbons (Fsp3) is 0.312. The highest BCUT2D eigenvalue weighted by atomic mass is 14.9. The molecule has 2 aromatic carbocycles. The lowest BCUT2D eigenvalue weighted by Gasteiger charge is -2.14. The minimum Gasteiger partial charge on any atom is -0.298 e. The second-order valence-corrected chi connectivity index (χ2v) is 4.44. The molecule has 0 aliphatic heterocycles. The second kappa shape index (κ2) is 6.18. The summed E-state index contributed by atoms with van der Waals surface area (Å²) in [6.45, 7) is 3.04. The van der Waals surface area contributed by atoms with Gasteiger partial charge in [-0.15, -0.1) is 0 Å². The normalized spacial score (nSPS) is 12.2. The van der Waals surface area contributed by atoms with E-state index in [1.54, 1.807) is 0 Å². The zero-order chi connectivity index (χ0) is 12.8. The predicted octanol–water partition coefficient (Wildman–Crippen LogP) is 3.79. The molecule has 0 fully saturated rings. The molecule has 0 aliphatic carbocycles. The number of hydrogen-bond acceptors (Lipinski definition) is 2. The van der Waals surface area contributed by atoms with Crippen molar-refractivity contribution in [2.75, 3.05) is 6.54 Å². The van der Waals surface area contributed by atoms with Gasteiger partial charge in [0.15, 0.2) is 0 Å². The molecule has 0 spiro atoms. The molecule has 0 aliphatic rings. The van der Waals surface area contributed by atoms with Crippen LogP contribution in [0.2, 0.25) is 0 Å². The van der Waals surface area contributed by atoms with Gasteiger partial charge in [-0.2, -0.15) is 5.26 Å². The van der Waals surface area contributed by atoms with E-state index in [1.165, 1.54) is 5.39 Å². The summed E-state index contributed by atoms with van der Waals surface area (Å²) in [5, 5.41) is 15.0. The summed E-state index contributed by atoms with van der Waals surface area (Å²) in [5.41, 5.74) is 1.08. The minimum atomic E-state index is -0.220. The van der Waals surface area contributed by atoms with Gasteiger partial charge >= 0.3 is 0 Å². The van der Waals surface area contributed by atoms with Gasteiger partial charge in [-0.05, 0) is 29.3 Å². The molecule has 18 heavy (non-hydrogen) atoms. The van der Waals surface area contributed by atoms with Crippen molar-refractivity contribution in [3.63, 3.8) is 0 Å². The number of unbranched alkanes of at least 4 members (excludes halogenated alkanes) is 1. The molecule has 0 radical (unpaired) electrons. The van der Waals surface area contributed by atoms with E-state index in [-0.39, 0.29) is 6.04 Å². The fourth-order valence-electron chi connectivity index (χ4n) is 2.15. The van der Waals surface area contributed by atoms with Crippen molar-refractivity contribution in [1.29, 1.82) is 5.26 Å². The van der Waals surface area contributed by atoms with Crippen molar-refractivity contribution in [3.05, 3.63) is 48.0 Å². The third kappa shape index (κ3) is 2.69. The molecule has 0 saturated heterocycles. The van der Waals surface area contributed by atoms with E-state index >= 15 is 0 Å². The van der Waals surface area contributed by atoms with Crippen LogP contribution in [0.25, 0.3) is 10.8 Å². The summed E-state index contributed by atoms with van der Waals surface area (Å²) in [4.78, 5) is 0. The van der Waals surface area contributed by atoms with Crippen LogP contribution in [0.1, 0.15) is 31.4 Å². The van der Waals surface area contributed by atoms with Crippen molar-refractivity contribution >= 4 is 10.8 Å². The van der Waals surface area contributed by atoms with E-state index in [9.17, 15) is 5.26 Å². The lowest BCUT2D eigenvalue weighted by molar-refractivity contribution is 0.600. The van der Waals surface area contributed by atoms with Crippen LogP contribution in [0.3, 0.4) is 0 Å².